The van der Waals surface area contributed by atoms with Crippen molar-refractivity contribution in [1.82, 2.24) is 4.98 Å². The van der Waals surface area contributed by atoms with E-state index in [2.05, 4.69) is 16.4 Å². The Morgan fingerprint density at radius 2 is 1.50 bits per heavy atom. The highest BCUT2D eigenvalue weighted by Crippen LogP contribution is 1.73. The molecule has 1 heterocycles. The van der Waals surface area contributed by atoms with Crippen LogP contribution in [0.3, 0.4) is 0 Å². The molecule has 5 heteroatoms. The monoisotopic (exact) mass is 159 g/mol. The van der Waals surface area contributed by atoms with Gasteiger partial charge in [0.1, 0.15) is 0 Å². The summed E-state index contributed by atoms with van der Waals surface area (Å²) in [5.74, 6) is 0. The second-order valence-corrected chi connectivity index (χ2v) is 1.73. The molecule has 0 aliphatic heterocycles. The molecule has 0 spiro atoms. The number of pyridine rings is 1. The minimum Gasteiger partial charge on any atom is -0.414 e. The van der Waals surface area contributed by atoms with Crippen molar-refractivity contribution in [2.24, 2.45) is 0 Å². The highest BCUT2D eigenvalue weighted by Gasteiger charge is 1.92. The lowest BCUT2D eigenvalue weighted by Crippen LogP contribution is -1.96. The van der Waals surface area contributed by atoms with Gasteiger partial charge in [-0.1, -0.05) is 6.07 Å². The normalized spacial score (nSPS) is 7.50. The molecule has 0 aromatic carbocycles. The molecular formula is C5H7BClNO2. The molecule has 0 saturated heterocycles. The van der Waals surface area contributed by atoms with Gasteiger partial charge in [0.25, 0.3) is 0 Å². The molecule has 0 saturated carbocycles. The van der Waals surface area contributed by atoms with Crippen LogP contribution >= 0.6 is 11.5 Å². The molecule has 0 aliphatic carbocycles. The van der Waals surface area contributed by atoms with Crippen LogP contribution in [0.4, 0.5) is 0 Å². The first kappa shape index (κ1) is 9.42. The van der Waals surface area contributed by atoms with Crippen molar-refractivity contribution in [3.8, 4) is 0 Å². The molecule has 1 aromatic rings. The van der Waals surface area contributed by atoms with Crippen molar-refractivity contribution in [2.45, 2.75) is 0 Å². The topological polar surface area (TPSA) is 53.4 Å². The van der Waals surface area contributed by atoms with E-state index in [0.29, 0.717) is 0 Å². The number of aromatic nitrogens is 1. The second-order valence-electron chi connectivity index (χ2n) is 1.34. The Bertz CT molecular complexity index is 120. The lowest BCUT2D eigenvalue weighted by Gasteiger charge is -1.70. The molecule has 0 unspecified atom stereocenters. The molecule has 3 nitrogen and oxygen atoms in total. The molecule has 54 valence electrons. The smallest absolute Gasteiger partial charge is 0.414 e. The first-order valence-corrected chi connectivity index (χ1v) is 3.02. The number of hydrogen-bond donors (Lipinski definition) is 2. The molecule has 0 amide bonds. The van der Waals surface area contributed by atoms with E-state index in [1.54, 1.807) is 12.4 Å². The van der Waals surface area contributed by atoms with E-state index in [0.717, 1.165) is 0 Å². The fourth-order valence-corrected chi connectivity index (χ4v) is 0.313. The second kappa shape index (κ2) is 6.54. The van der Waals surface area contributed by atoms with Crippen LogP contribution in [0.1, 0.15) is 0 Å². The highest BCUT2D eigenvalue weighted by atomic mass is 35.5. The molecular weight excluding hydrogens is 152 g/mol. The minimum absolute atomic E-state index is 1.69. The summed E-state index contributed by atoms with van der Waals surface area (Å²) >= 11 is 4.39. The Labute approximate surface area is 64.4 Å². The van der Waals surface area contributed by atoms with E-state index in [4.69, 9.17) is 10.0 Å². The van der Waals surface area contributed by atoms with Crippen LogP contribution in [-0.4, -0.2) is 21.6 Å². The first-order valence-electron chi connectivity index (χ1n) is 2.58. The maximum atomic E-state index is 7.38. The Morgan fingerprint density at radius 1 is 1.10 bits per heavy atom. The van der Waals surface area contributed by atoms with E-state index in [9.17, 15) is 0 Å². The molecule has 1 rings (SSSR count). The van der Waals surface area contributed by atoms with E-state index in [-0.39, 0.29) is 0 Å². The quantitative estimate of drug-likeness (QED) is 0.535. The summed E-state index contributed by atoms with van der Waals surface area (Å²) in [6.45, 7) is -1.69. The zero-order valence-electron chi connectivity index (χ0n) is 5.18. The lowest BCUT2D eigenvalue weighted by molar-refractivity contribution is 0.435. The summed E-state index contributed by atoms with van der Waals surface area (Å²) in [7, 11) is 0. The molecule has 2 N–H and O–H groups in total. The SMILES string of the molecule is OB(O)Cl.c1ccncc1. The third-order valence-corrected chi connectivity index (χ3v) is 0.566. The van der Waals surface area contributed by atoms with Gasteiger partial charge >= 0.3 is 6.53 Å². The Morgan fingerprint density at radius 3 is 1.60 bits per heavy atom. The van der Waals surface area contributed by atoms with Gasteiger partial charge < -0.3 is 10.0 Å². The molecule has 1 aromatic heterocycles. The van der Waals surface area contributed by atoms with Gasteiger partial charge in [0.05, 0.1) is 0 Å². The Balaban J connectivity index is 0.000000180. The van der Waals surface area contributed by atoms with Crippen LogP contribution in [0.5, 0.6) is 0 Å². The van der Waals surface area contributed by atoms with Crippen LogP contribution in [0.2, 0.25) is 0 Å². The van der Waals surface area contributed by atoms with Gasteiger partial charge in [-0.3, -0.25) is 4.98 Å². The first-order chi connectivity index (χ1) is 4.73. The third-order valence-electron chi connectivity index (χ3n) is 0.566. The van der Waals surface area contributed by atoms with Gasteiger partial charge in [-0.05, 0) is 12.1 Å². The molecule has 0 fully saturated rings. The van der Waals surface area contributed by atoms with Crippen LogP contribution in [0.15, 0.2) is 30.6 Å². The van der Waals surface area contributed by atoms with Crippen molar-refractivity contribution >= 4 is 18.0 Å². The maximum absolute atomic E-state index is 7.38. The molecule has 10 heavy (non-hydrogen) atoms. The summed E-state index contributed by atoms with van der Waals surface area (Å²) in [5, 5.41) is 14.8. The van der Waals surface area contributed by atoms with Crippen molar-refractivity contribution in [3.63, 3.8) is 0 Å². The van der Waals surface area contributed by atoms with E-state index in [1.165, 1.54) is 0 Å². The summed E-state index contributed by atoms with van der Waals surface area (Å²) < 4.78 is 0. The Kier molecular flexibility index (Phi) is 6.17. The van der Waals surface area contributed by atoms with Gasteiger partial charge in [-0.2, -0.15) is 0 Å². The molecule has 0 bridgehead atoms. The van der Waals surface area contributed by atoms with Gasteiger partial charge in [0.2, 0.25) is 0 Å². The molecule has 0 aliphatic rings. The number of nitrogens with zero attached hydrogens (tertiary/aromatic N) is 1. The fourth-order valence-electron chi connectivity index (χ4n) is 0.313. The van der Waals surface area contributed by atoms with Crippen molar-refractivity contribution < 1.29 is 10.0 Å². The predicted octanol–water partition coefficient (Wildman–Crippen LogP) is 0.276. The molecule has 0 radical (unpaired) electrons. The van der Waals surface area contributed by atoms with Crippen molar-refractivity contribution in [3.05, 3.63) is 30.6 Å². The maximum Gasteiger partial charge on any atom is 0.566 e. The minimum atomic E-state index is -1.69. The zero-order valence-corrected chi connectivity index (χ0v) is 5.94. The van der Waals surface area contributed by atoms with Crippen molar-refractivity contribution in [1.29, 1.82) is 0 Å². The number of rotatable bonds is 0. The standard InChI is InChI=1S/C5H5N.BClH2O2/c1-2-4-6-5-3-1;2-1(3)4/h1-5H;3-4H. The summed E-state index contributed by atoms with van der Waals surface area (Å²) in [4.78, 5) is 3.78. The van der Waals surface area contributed by atoms with E-state index in [1.807, 2.05) is 18.2 Å². The highest BCUT2D eigenvalue weighted by molar-refractivity contribution is 6.97. The fraction of sp³-hybridized carbons (Fsp3) is 0. The van der Waals surface area contributed by atoms with Crippen LogP contribution in [-0.2, 0) is 0 Å². The van der Waals surface area contributed by atoms with Crippen molar-refractivity contribution in [2.75, 3.05) is 0 Å². The average Bonchev–Trinajstić information content (AvgIpc) is 1.90. The average molecular weight is 159 g/mol. The van der Waals surface area contributed by atoms with Crippen LogP contribution in [0.25, 0.3) is 0 Å². The Hall–Kier alpha value is -0.575. The number of hydrogen-bond acceptors (Lipinski definition) is 3. The molecule has 0 atom stereocenters. The van der Waals surface area contributed by atoms with Crippen LogP contribution in [0, 0.1) is 0 Å². The number of halogens is 1. The summed E-state index contributed by atoms with van der Waals surface area (Å²) in [6.07, 6.45) is 3.50. The zero-order chi connectivity index (χ0) is 7.82. The van der Waals surface area contributed by atoms with Gasteiger partial charge in [0, 0.05) is 12.4 Å². The summed E-state index contributed by atoms with van der Waals surface area (Å²) in [5.41, 5.74) is 0. The van der Waals surface area contributed by atoms with E-state index >= 15 is 0 Å². The van der Waals surface area contributed by atoms with Crippen LogP contribution < -0.4 is 0 Å². The summed E-state index contributed by atoms with van der Waals surface area (Å²) in [6, 6.07) is 5.72. The third kappa shape index (κ3) is 10.4. The lowest BCUT2D eigenvalue weighted by atomic mass is 10.4. The van der Waals surface area contributed by atoms with E-state index < -0.39 is 6.53 Å². The van der Waals surface area contributed by atoms with Gasteiger partial charge in [-0.15, -0.1) is 11.5 Å². The largest absolute Gasteiger partial charge is 0.566 e. The predicted molar refractivity (Wildman–Crippen MR) is 40.3 cm³/mol. The van der Waals surface area contributed by atoms with Gasteiger partial charge in [0.15, 0.2) is 0 Å². The van der Waals surface area contributed by atoms with Gasteiger partial charge in [-0.25, -0.2) is 0 Å².